The maximum Gasteiger partial charge on any atom is 0.407 e. The van der Waals surface area contributed by atoms with Gasteiger partial charge in [-0.1, -0.05) is 36.4 Å². The van der Waals surface area contributed by atoms with Gasteiger partial charge in [0, 0.05) is 58.2 Å². The fourth-order valence-electron chi connectivity index (χ4n) is 5.90. The minimum Gasteiger partial charge on any atom is -0.444 e. The van der Waals surface area contributed by atoms with Crippen LogP contribution in [0.5, 0.6) is 0 Å². The number of halogens is 2. The van der Waals surface area contributed by atoms with Gasteiger partial charge in [0.1, 0.15) is 23.3 Å². The van der Waals surface area contributed by atoms with E-state index in [-0.39, 0.29) is 63.8 Å². The molecular weight excluding hydrogens is 600 g/mol. The van der Waals surface area contributed by atoms with Gasteiger partial charge in [0.15, 0.2) is 0 Å². The van der Waals surface area contributed by atoms with E-state index in [0.29, 0.717) is 0 Å². The number of carbonyl (C=O) groups excluding carboxylic acids is 4. The smallest absolute Gasteiger partial charge is 0.407 e. The van der Waals surface area contributed by atoms with Gasteiger partial charge in [0.2, 0.25) is 11.8 Å². The predicted octanol–water partition coefficient (Wildman–Crippen LogP) is 3.46. The van der Waals surface area contributed by atoms with E-state index in [0.717, 1.165) is 11.6 Å². The lowest BCUT2D eigenvalue weighted by atomic mass is 9.87. The number of ether oxygens (including phenoxy) is 2. The minimum atomic E-state index is -1.08. The molecule has 0 aliphatic carbocycles. The van der Waals surface area contributed by atoms with E-state index < -0.39 is 52.8 Å². The number of benzene rings is 2. The van der Waals surface area contributed by atoms with Crippen molar-refractivity contribution in [3.63, 3.8) is 0 Å². The van der Waals surface area contributed by atoms with Crippen LogP contribution >= 0.6 is 0 Å². The van der Waals surface area contributed by atoms with E-state index >= 15 is 0 Å². The van der Waals surface area contributed by atoms with Crippen LogP contribution in [0.25, 0.3) is 0 Å². The van der Waals surface area contributed by atoms with Crippen molar-refractivity contribution in [2.45, 2.75) is 70.4 Å². The first kappa shape index (κ1) is 34.6. The zero-order valence-corrected chi connectivity index (χ0v) is 27.0. The Bertz CT molecular complexity index is 1420. The molecule has 250 valence electrons. The number of amides is 5. The number of alkyl carbamates (subject to hydrolysis) is 1. The number of hydrogen-bond donors (Lipinski definition) is 2. The molecule has 0 spiro atoms. The van der Waals surface area contributed by atoms with Gasteiger partial charge in [0.05, 0.1) is 18.8 Å². The Morgan fingerprint density at radius 2 is 1.74 bits per heavy atom. The number of likely N-dealkylation sites (N-methyl/N-ethyl adjacent to an activating group) is 1. The molecule has 2 saturated heterocycles. The summed E-state index contributed by atoms with van der Waals surface area (Å²) in [4.78, 5) is 57.1. The van der Waals surface area contributed by atoms with Crippen LogP contribution < -0.4 is 10.6 Å². The van der Waals surface area contributed by atoms with Gasteiger partial charge >= 0.3 is 12.1 Å². The lowest BCUT2D eigenvalue weighted by Gasteiger charge is -2.46. The van der Waals surface area contributed by atoms with E-state index in [1.165, 1.54) is 17.0 Å². The van der Waals surface area contributed by atoms with Crippen molar-refractivity contribution < 1.29 is 37.4 Å². The molecular formula is C33H43F2N5O6. The van der Waals surface area contributed by atoms with Crippen molar-refractivity contribution in [3.05, 3.63) is 71.3 Å². The van der Waals surface area contributed by atoms with E-state index in [1.54, 1.807) is 44.5 Å². The van der Waals surface area contributed by atoms with Crippen LogP contribution in [0, 0.1) is 11.6 Å². The zero-order valence-electron chi connectivity index (χ0n) is 27.0. The maximum absolute atomic E-state index is 14.8. The number of hydrogen-bond acceptors (Lipinski definition) is 6. The Labute approximate surface area is 268 Å². The summed E-state index contributed by atoms with van der Waals surface area (Å²) in [6.45, 7) is 7.59. The summed E-state index contributed by atoms with van der Waals surface area (Å²) in [5.74, 6) is -2.34. The molecule has 0 saturated carbocycles. The van der Waals surface area contributed by atoms with Crippen molar-refractivity contribution in [1.82, 2.24) is 25.3 Å². The number of rotatable bonds is 11. The second kappa shape index (κ2) is 14.4. The molecule has 2 fully saturated rings. The van der Waals surface area contributed by atoms with Gasteiger partial charge in [-0.3, -0.25) is 9.59 Å². The average Bonchev–Trinajstić information content (AvgIpc) is 3.21. The molecule has 0 bridgehead atoms. The molecule has 4 rings (SSSR count). The van der Waals surface area contributed by atoms with E-state index in [9.17, 15) is 28.0 Å². The first-order chi connectivity index (χ1) is 21.7. The SMILES string of the molecule is CC(CC(=O)N[C@H](COCc1ccccc1)C(=O)N1CCN2C(=O)N(C)C[C@]2(Cc2ccc(F)cc2F)C1)NC(=O)OC(C)(C)C. The highest BCUT2D eigenvalue weighted by atomic mass is 19.1. The highest BCUT2D eigenvalue weighted by Crippen LogP contribution is 2.34. The third kappa shape index (κ3) is 8.93. The molecule has 2 aromatic rings. The van der Waals surface area contributed by atoms with Crippen molar-refractivity contribution >= 4 is 23.9 Å². The molecule has 0 radical (unpaired) electrons. The zero-order chi connectivity index (χ0) is 33.6. The van der Waals surface area contributed by atoms with Gasteiger partial charge in [-0.25, -0.2) is 18.4 Å². The molecule has 2 aromatic carbocycles. The molecule has 2 aliphatic rings. The van der Waals surface area contributed by atoms with Gasteiger partial charge in [0.25, 0.3) is 0 Å². The molecule has 1 unspecified atom stereocenters. The average molecular weight is 644 g/mol. The predicted molar refractivity (Wildman–Crippen MR) is 166 cm³/mol. The topological polar surface area (TPSA) is 121 Å². The monoisotopic (exact) mass is 643 g/mol. The fourth-order valence-corrected chi connectivity index (χ4v) is 5.90. The molecule has 2 N–H and O–H groups in total. The van der Waals surface area contributed by atoms with Crippen LogP contribution in [0.15, 0.2) is 48.5 Å². The third-order valence-electron chi connectivity index (χ3n) is 7.87. The van der Waals surface area contributed by atoms with Crippen LogP contribution in [-0.4, -0.2) is 102 Å². The second-order valence-corrected chi connectivity index (χ2v) is 13.1. The summed E-state index contributed by atoms with van der Waals surface area (Å²) in [6, 6.07) is 10.8. The molecule has 5 amide bonds. The number of piperazine rings is 1. The Balaban J connectivity index is 1.50. The summed E-state index contributed by atoms with van der Waals surface area (Å²) in [5, 5.41) is 5.39. The Kier molecular flexibility index (Phi) is 10.9. The molecule has 46 heavy (non-hydrogen) atoms. The summed E-state index contributed by atoms with van der Waals surface area (Å²) in [5.41, 5.74) is -0.561. The van der Waals surface area contributed by atoms with Gasteiger partial charge < -0.3 is 34.8 Å². The largest absolute Gasteiger partial charge is 0.444 e. The van der Waals surface area contributed by atoms with Gasteiger partial charge in [-0.15, -0.1) is 0 Å². The van der Waals surface area contributed by atoms with Crippen molar-refractivity contribution in [1.29, 1.82) is 0 Å². The summed E-state index contributed by atoms with van der Waals surface area (Å²) < 4.78 is 39.6. The van der Waals surface area contributed by atoms with Crippen molar-refractivity contribution in [2.24, 2.45) is 0 Å². The number of nitrogens with one attached hydrogen (secondary N) is 2. The first-order valence-corrected chi connectivity index (χ1v) is 15.3. The van der Waals surface area contributed by atoms with Gasteiger partial charge in [-0.2, -0.15) is 0 Å². The molecule has 0 aromatic heterocycles. The van der Waals surface area contributed by atoms with E-state index in [2.05, 4.69) is 10.6 Å². The maximum atomic E-state index is 14.8. The molecule has 3 atom stereocenters. The van der Waals surface area contributed by atoms with E-state index in [1.807, 2.05) is 30.3 Å². The normalized spacial score (nSPS) is 19.4. The summed E-state index contributed by atoms with van der Waals surface area (Å²) >= 11 is 0. The minimum absolute atomic E-state index is 0.0638. The second-order valence-electron chi connectivity index (χ2n) is 13.1. The van der Waals surface area contributed by atoms with Crippen molar-refractivity contribution in [3.8, 4) is 0 Å². The number of fused-ring (bicyclic) bond motifs is 1. The van der Waals surface area contributed by atoms with Crippen LogP contribution in [0.4, 0.5) is 18.4 Å². The third-order valence-corrected chi connectivity index (χ3v) is 7.87. The van der Waals surface area contributed by atoms with Crippen LogP contribution in [0.2, 0.25) is 0 Å². The van der Waals surface area contributed by atoms with Crippen molar-refractivity contribution in [2.75, 3.05) is 39.8 Å². The van der Waals surface area contributed by atoms with Gasteiger partial charge in [-0.05, 0) is 44.9 Å². The molecule has 11 nitrogen and oxygen atoms in total. The highest BCUT2D eigenvalue weighted by Gasteiger charge is 2.53. The Morgan fingerprint density at radius 1 is 1.02 bits per heavy atom. The summed E-state index contributed by atoms with van der Waals surface area (Å²) in [7, 11) is 1.64. The molecule has 2 aliphatic heterocycles. The standard InChI is InChI=1S/C33H43F2N5O6/c1-22(36-30(43)46-32(2,3)4)15-28(41)37-27(19-45-18-23-9-7-6-8-10-23)29(42)39-13-14-40-31(44)38(5)20-33(40,21-39)17-24-11-12-25(34)16-26(24)35/h6-12,16,22,27H,13-15,17-21H2,1-5H3,(H,36,43)(H,37,41)/t22?,27-,33-/m1/s1. The van der Waals surface area contributed by atoms with E-state index in [4.69, 9.17) is 9.47 Å². The quantitative estimate of drug-likeness (QED) is 0.387. The summed E-state index contributed by atoms with van der Waals surface area (Å²) in [6.07, 6.45) is -0.722. The molecule has 2 heterocycles. The fraction of sp³-hybridized carbons (Fsp3) is 0.515. The first-order valence-electron chi connectivity index (χ1n) is 15.3. The lowest BCUT2D eigenvalue weighted by Crippen LogP contribution is -2.65. The number of carbonyl (C=O) groups is 4. The molecule has 13 heteroatoms. The van der Waals surface area contributed by atoms with Crippen LogP contribution in [0.1, 0.15) is 45.2 Å². The number of urea groups is 1. The Morgan fingerprint density at radius 3 is 2.41 bits per heavy atom. The van der Waals surface area contributed by atoms with Crippen LogP contribution in [0.3, 0.4) is 0 Å². The van der Waals surface area contributed by atoms with Crippen LogP contribution in [-0.2, 0) is 32.1 Å². The number of nitrogens with zero attached hydrogens (tertiary/aromatic N) is 3. The highest BCUT2D eigenvalue weighted by molar-refractivity contribution is 5.89. The Hall–Kier alpha value is -4.26. The lowest BCUT2D eigenvalue weighted by molar-refractivity contribution is -0.142.